The third-order valence-electron chi connectivity index (χ3n) is 5.20. The number of nitrogens with zero attached hydrogens (tertiary/aromatic N) is 3. The van der Waals surface area contributed by atoms with Crippen LogP contribution in [0.4, 0.5) is 9.18 Å². The van der Waals surface area contributed by atoms with Gasteiger partial charge in [-0.25, -0.2) is 18.7 Å². The Hall–Kier alpha value is -3.36. The zero-order chi connectivity index (χ0) is 25.5. The standard InChI is InChI=1S/C25H22Cl2FN3O4/c1-25(2,3)35-24(34)30-12-15(10-14-4-7-17(28)8-5-14)22-18(13-30)21(23(32)33)29-31(22)20-9-6-16(26)11-19(20)27/h4-11H,12-13H2,1-3H3,(H,32,33). The first-order chi connectivity index (χ1) is 16.4. The van der Waals surface area contributed by atoms with E-state index in [4.69, 9.17) is 27.9 Å². The van der Waals surface area contributed by atoms with Crippen LogP contribution in [-0.4, -0.2) is 44.0 Å². The van der Waals surface area contributed by atoms with E-state index < -0.39 is 23.5 Å². The van der Waals surface area contributed by atoms with Crippen molar-refractivity contribution >= 4 is 46.9 Å². The van der Waals surface area contributed by atoms with Crippen molar-refractivity contribution in [1.82, 2.24) is 14.7 Å². The second kappa shape index (κ2) is 9.36. The van der Waals surface area contributed by atoms with Crippen LogP contribution in [0, 0.1) is 5.82 Å². The predicted octanol–water partition coefficient (Wildman–Crippen LogP) is 6.31. The number of halogens is 3. The molecule has 10 heteroatoms. The van der Waals surface area contributed by atoms with E-state index in [2.05, 4.69) is 5.10 Å². The number of carbonyl (C=O) groups is 2. The Balaban J connectivity index is 1.93. The second-order valence-corrected chi connectivity index (χ2v) is 9.89. The van der Waals surface area contributed by atoms with Gasteiger partial charge in [0.15, 0.2) is 5.69 Å². The van der Waals surface area contributed by atoms with Gasteiger partial charge in [-0.05, 0) is 68.3 Å². The zero-order valence-corrected chi connectivity index (χ0v) is 20.7. The van der Waals surface area contributed by atoms with Crippen LogP contribution >= 0.6 is 23.2 Å². The highest BCUT2D eigenvalue weighted by Crippen LogP contribution is 2.36. The number of carboxylic acid groups (broad SMARTS) is 1. The summed E-state index contributed by atoms with van der Waals surface area (Å²) in [5, 5.41) is 14.9. The molecule has 182 valence electrons. The van der Waals surface area contributed by atoms with E-state index in [-0.39, 0.29) is 23.8 Å². The van der Waals surface area contributed by atoms with Gasteiger partial charge in [-0.1, -0.05) is 35.3 Å². The summed E-state index contributed by atoms with van der Waals surface area (Å²) in [4.78, 5) is 26.5. The number of aromatic carboxylic acids is 1. The first kappa shape index (κ1) is 24.8. The summed E-state index contributed by atoms with van der Waals surface area (Å²) < 4.78 is 20.5. The maximum absolute atomic E-state index is 13.5. The number of ether oxygens (including phenoxy) is 1. The molecule has 0 aliphatic carbocycles. The molecule has 2 heterocycles. The number of hydrogen-bond donors (Lipinski definition) is 1. The molecule has 0 spiro atoms. The summed E-state index contributed by atoms with van der Waals surface area (Å²) in [6.07, 6.45) is 1.16. The minimum Gasteiger partial charge on any atom is -0.476 e. The van der Waals surface area contributed by atoms with Crippen molar-refractivity contribution in [2.24, 2.45) is 0 Å². The van der Waals surface area contributed by atoms with Crippen molar-refractivity contribution in [2.75, 3.05) is 6.54 Å². The Labute approximate surface area is 211 Å². The van der Waals surface area contributed by atoms with Crippen molar-refractivity contribution in [3.05, 3.63) is 80.8 Å². The van der Waals surface area contributed by atoms with E-state index in [1.54, 1.807) is 51.1 Å². The molecule has 1 aromatic heterocycles. The van der Waals surface area contributed by atoms with Crippen LogP contribution in [0.2, 0.25) is 10.0 Å². The van der Waals surface area contributed by atoms with Crippen LogP contribution in [0.3, 0.4) is 0 Å². The number of rotatable bonds is 3. The van der Waals surface area contributed by atoms with Gasteiger partial charge in [0.25, 0.3) is 0 Å². The van der Waals surface area contributed by atoms with Crippen molar-refractivity contribution < 1.29 is 23.8 Å². The van der Waals surface area contributed by atoms with Gasteiger partial charge in [-0.15, -0.1) is 0 Å². The van der Waals surface area contributed by atoms with Gasteiger partial charge < -0.3 is 9.84 Å². The Kier molecular flexibility index (Phi) is 6.62. The number of aromatic nitrogens is 2. The average Bonchev–Trinajstić information content (AvgIpc) is 3.14. The van der Waals surface area contributed by atoms with E-state index in [0.717, 1.165) is 0 Å². The lowest BCUT2D eigenvalue weighted by Crippen LogP contribution is -2.40. The number of carboxylic acids is 1. The lowest BCUT2D eigenvalue weighted by Gasteiger charge is -2.32. The molecule has 2 aromatic carbocycles. The van der Waals surface area contributed by atoms with Gasteiger partial charge >= 0.3 is 12.1 Å². The summed E-state index contributed by atoms with van der Waals surface area (Å²) >= 11 is 12.5. The monoisotopic (exact) mass is 517 g/mol. The number of benzene rings is 2. The van der Waals surface area contributed by atoms with E-state index >= 15 is 0 Å². The number of hydrogen-bond acceptors (Lipinski definition) is 4. The second-order valence-electron chi connectivity index (χ2n) is 9.05. The summed E-state index contributed by atoms with van der Waals surface area (Å²) in [5.74, 6) is -1.64. The van der Waals surface area contributed by atoms with Crippen molar-refractivity contribution in [2.45, 2.75) is 32.9 Å². The lowest BCUT2D eigenvalue weighted by atomic mass is 9.98. The van der Waals surface area contributed by atoms with Gasteiger partial charge in [0, 0.05) is 10.6 Å². The predicted molar refractivity (Wildman–Crippen MR) is 131 cm³/mol. The van der Waals surface area contributed by atoms with Gasteiger partial charge in [-0.2, -0.15) is 5.10 Å². The zero-order valence-electron chi connectivity index (χ0n) is 19.2. The molecule has 0 fully saturated rings. The van der Waals surface area contributed by atoms with Gasteiger partial charge in [-0.3, -0.25) is 4.90 Å². The minimum absolute atomic E-state index is 0.0299. The maximum Gasteiger partial charge on any atom is 0.410 e. The Morgan fingerprint density at radius 2 is 1.80 bits per heavy atom. The van der Waals surface area contributed by atoms with Crippen molar-refractivity contribution in [1.29, 1.82) is 0 Å². The minimum atomic E-state index is -1.25. The SMILES string of the molecule is CC(C)(C)OC(=O)N1CC(=Cc2ccc(F)cc2)c2c(c(C(=O)O)nn2-c2ccc(Cl)cc2Cl)C1. The molecule has 0 saturated heterocycles. The van der Waals surface area contributed by atoms with Crippen LogP contribution < -0.4 is 0 Å². The van der Waals surface area contributed by atoms with E-state index in [1.807, 2.05) is 0 Å². The molecule has 7 nitrogen and oxygen atoms in total. The largest absolute Gasteiger partial charge is 0.476 e. The molecule has 1 aliphatic rings. The number of amides is 1. The highest BCUT2D eigenvalue weighted by molar-refractivity contribution is 6.35. The molecule has 0 bridgehead atoms. The van der Waals surface area contributed by atoms with Crippen LogP contribution in [-0.2, 0) is 11.3 Å². The Bertz CT molecular complexity index is 1340. The van der Waals surface area contributed by atoms with E-state index in [1.165, 1.54) is 27.8 Å². The van der Waals surface area contributed by atoms with E-state index in [0.29, 0.717) is 33.1 Å². The van der Waals surface area contributed by atoms with Gasteiger partial charge in [0.2, 0.25) is 0 Å². The molecule has 3 aromatic rings. The Morgan fingerprint density at radius 1 is 1.11 bits per heavy atom. The van der Waals surface area contributed by atoms with Crippen LogP contribution in [0.1, 0.15) is 48.1 Å². The molecule has 0 unspecified atom stereocenters. The molecule has 0 atom stereocenters. The summed E-state index contributed by atoms with van der Waals surface area (Å²) in [6.45, 7) is 5.32. The molecular formula is C25H22Cl2FN3O4. The molecule has 0 saturated carbocycles. The van der Waals surface area contributed by atoms with Gasteiger partial charge in [0.1, 0.15) is 11.4 Å². The fourth-order valence-corrected chi connectivity index (χ4v) is 4.27. The van der Waals surface area contributed by atoms with Gasteiger partial charge in [0.05, 0.1) is 29.5 Å². The first-order valence-corrected chi connectivity index (χ1v) is 11.4. The smallest absolute Gasteiger partial charge is 0.410 e. The van der Waals surface area contributed by atoms with Crippen LogP contribution in [0.5, 0.6) is 0 Å². The summed E-state index contributed by atoms with van der Waals surface area (Å²) in [7, 11) is 0. The first-order valence-electron chi connectivity index (χ1n) is 10.7. The normalized spacial score (nSPS) is 14.7. The molecule has 4 rings (SSSR count). The topological polar surface area (TPSA) is 84.7 Å². The van der Waals surface area contributed by atoms with Crippen LogP contribution in [0.25, 0.3) is 17.3 Å². The van der Waals surface area contributed by atoms with E-state index in [9.17, 15) is 19.1 Å². The fourth-order valence-electron chi connectivity index (χ4n) is 3.79. The maximum atomic E-state index is 13.5. The summed E-state index contributed by atoms with van der Waals surface area (Å²) in [6, 6.07) is 10.6. The lowest BCUT2D eigenvalue weighted by molar-refractivity contribution is 0.0253. The highest BCUT2D eigenvalue weighted by atomic mass is 35.5. The highest BCUT2D eigenvalue weighted by Gasteiger charge is 2.35. The molecule has 1 amide bonds. The third-order valence-corrected chi connectivity index (χ3v) is 5.74. The molecule has 1 N–H and O–H groups in total. The van der Waals surface area contributed by atoms with Crippen molar-refractivity contribution in [3.8, 4) is 5.69 Å². The Morgan fingerprint density at radius 3 is 2.40 bits per heavy atom. The third kappa shape index (κ3) is 5.33. The molecule has 0 radical (unpaired) electrons. The molecular weight excluding hydrogens is 496 g/mol. The summed E-state index contributed by atoms with van der Waals surface area (Å²) in [5.41, 5.74) is 1.51. The fraction of sp³-hybridized carbons (Fsp3) is 0.240. The van der Waals surface area contributed by atoms with Crippen LogP contribution in [0.15, 0.2) is 42.5 Å². The number of carbonyl (C=O) groups excluding carboxylic acids is 1. The quantitative estimate of drug-likeness (QED) is 0.440. The molecule has 1 aliphatic heterocycles. The molecule has 35 heavy (non-hydrogen) atoms. The van der Waals surface area contributed by atoms with Crippen molar-refractivity contribution in [3.63, 3.8) is 0 Å². The number of fused-ring (bicyclic) bond motifs is 1. The average molecular weight is 518 g/mol.